The predicted octanol–water partition coefficient (Wildman–Crippen LogP) is 1.43. The van der Waals surface area contributed by atoms with E-state index in [9.17, 15) is 4.79 Å². The highest BCUT2D eigenvalue weighted by molar-refractivity contribution is 6.16. The molecule has 12 heavy (non-hydrogen) atoms. The van der Waals surface area contributed by atoms with E-state index in [0.29, 0.717) is 18.0 Å². The van der Waals surface area contributed by atoms with Crippen molar-refractivity contribution in [2.45, 2.75) is 18.7 Å². The SMILES string of the molecule is O=C(O)CCc1nc(CCl)co1. The van der Waals surface area contributed by atoms with Crippen molar-refractivity contribution in [3.05, 3.63) is 17.8 Å². The van der Waals surface area contributed by atoms with Crippen LogP contribution in [0.25, 0.3) is 0 Å². The van der Waals surface area contributed by atoms with Crippen LogP contribution in [-0.4, -0.2) is 16.1 Å². The summed E-state index contributed by atoms with van der Waals surface area (Å²) in [4.78, 5) is 14.1. The second kappa shape index (κ2) is 4.11. The normalized spacial score (nSPS) is 10.1. The van der Waals surface area contributed by atoms with Crippen LogP contribution in [0.4, 0.5) is 0 Å². The highest BCUT2D eigenvalue weighted by Gasteiger charge is 2.04. The van der Waals surface area contributed by atoms with Gasteiger partial charge in [-0.1, -0.05) is 0 Å². The zero-order valence-electron chi connectivity index (χ0n) is 6.29. The number of aryl methyl sites for hydroxylation is 1. The van der Waals surface area contributed by atoms with E-state index < -0.39 is 5.97 Å². The van der Waals surface area contributed by atoms with Gasteiger partial charge in [0.15, 0.2) is 5.89 Å². The molecule has 0 amide bonds. The molecule has 1 aromatic heterocycles. The summed E-state index contributed by atoms with van der Waals surface area (Å²) in [5.74, 6) is -0.148. The first-order valence-corrected chi connectivity index (χ1v) is 3.97. The van der Waals surface area contributed by atoms with Crippen LogP contribution in [-0.2, 0) is 17.1 Å². The molecule has 1 aromatic rings. The number of carboxylic acid groups (broad SMARTS) is 1. The molecule has 0 aromatic carbocycles. The van der Waals surface area contributed by atoms with E-state index in [1.54, 1.807) is 0 Å². The lowest BCUT2D eigenvalue weighted by molar-refractivity contribution is -0.137. The van der Waals surface area contributed by atoms with Crippen LogP contribution >= 0.6 is 11.6 Å². The predicted molar refractivity (Wildman–Crippen MR) is 42.0 cm³/mol. The summed E-state index contributed by atoms with van der Waals surface area (Å²) in [6, 6.07) is 0. The van der Waals surface area contributed by atoms with Gasteiger partial charge in [0, 0.05) is 6.42 Å². The topological polar surface area (TPSA) is 63.3 Å². The zero-order valence-corrected chi connectivity index (χ0v) is 7.04. The van der Waals surface area contributed by atoms with Gasteiger partial charge in [0.25, 0.3) is 0 Å². The van der Waals surface area contributed by atoms with Crippen LogP contribution in [0.2, 0.25) is 0 Å². The summed E-state index contributed by atoms with van der Waals surface area (Å²) in [5.41, 5.74) is 0.636. The first-order chi connectivity index (χ1) is 5.72. The van der Waals surface area contributed by atoms with Crippen molar-refractivity contribution < 1.29 is 14.3 Å². The van der Waals surface area contributed by atoms with Crippen molar-refractivity contribution >= 4 is 17.6 Å². The smallest absolute Gasteiger partial charge is 0.303 e. The quantitative estimate of drug-likeness (QED) is 0.728. The minimum atomic E-state index is -0.861. The van der Waals surface area contributed by atoms with E-state index >= 15 is 0 Å². The largest absolute Gasteiger partial charge is 0.481 e. The van der Waals surface area contributed by atoms with Crippen LogP contribution in [0.15, 0.2) is 10.7 Å². The molecule has 5 heteroatoms. The Balaban J connectivity index is 2.47. The fourth-order valence-electron chi connectivity index (χ4n) is 0.739. The number of aliphatic carboxylic acids is 1. The van der Waals surface area contributed by atoms with Crippen molar-refractivity contribution in [3.63, 3.8) is 0 Å². The highest BCUT2D eigenvalue weighted by atomic mass is 35.5. The fourth-order valence-corrected chi connectivity index (χ4v) is 0.862. The lowest BCUT2D eigenvalue weighted by Gasteiger charge is -1.88. The van der Waals surface area contributed by atoms with E-state index in [1.165, 1.54) is 6.26 Å². The maximum absolute atomic E-state index is 10.2. The monoisotopic (exact) mass is 189 g/mol. The lowest BCUT2D eigenvalue weighted by atomic mass is 10.3. The molecular formula is C7H8ClNO3. The Morgan fingerprint density at radius 3 is 3.00 bits per heavy atom. The minimum Gasteiger partial charge on any atom is -0.481 e. The van der Waals surface area contributed by atoms with E-state index in [2.05, 4.69) is 4.98 Å². The average Bonchev–Trinajstić information content (AvgIpc) is 2.48. The molecule has 0 spiro atoms. The van der Waals surface area contributed by atoms with Crippen LogP contribution in [0.5, 0.6) is 0 Å². The Morgan fingerprint density at radius 1 is 1.75 bits per heavy atom. The molecule has 1 heterocycles. The molecule has 0 saturated carbocycles. The summed E-state index contributed by atoms with van der Waals surface area (Å²) in [6.45, 7) is 0. The maximum Gasteiger partial charge on any atom is 0.303 e. The van der Waals surface area contributed by atoms with Gasteiger partial charge < -0.3 is 9.52 Å². The Morgan fingerprint density at radius 2 is 2.50 bits per heavy atom. The second-order valence-electron chi connectivity index (χ2n) is 2.26. The number of aromatic nitrogens is 1. The third kappa shape index (κ3) is 2.54. The number of halogens is 1. The van der Waals surface area contributed by atoms with Gasteiger partial charge >= 0.3 is 5.97 Å². The van der Waals surface area contributed by atoms with Gasteiger partial charge in [-0.25, -0.2) is 4.98 Å². The van der Waals surface area contributed by atoms with Gasteiger partial charge in [0.2, 0.25) is 0 Å². The lowest BCUT2D eigenvalue weighted by Crippen LogP contribution is -1.97. The molecule has 0 aliphatic heterocycles. The van der Waals surface area contributed by atoms with Crippen LogP contribution in [0, 0.1) is 0 Å². The zero-order chi connectivity index (χ0) is 8.97. The standard InChI is InChI=1S/C7H8ClNO3/c8-3-5-4-12-6(9-5)1-2-7(10)11/h4H,1-3H2,(H,10,11). The van der Waals surface area contributed by atoms with Crippen molar-refractivity contribution in [1.29, 1.82) is 0 Å². The fraction of sp³-hybridized carbons (Fsp3) is 0.429. The molecular weight excluding hydrogens is 182 g/mol. The van der Waals surface area contributed by atoms with Gasteiger partial charge in [0.1, 0.15) is 6.26 Å². The van der Waals surface area contributed by atoms with Gasteiger partial charge in [0.05, 0.1) is 18.0 Å². The summed E-state index contributed by atoms with van der Waals surface area (Å²) in [7, 11) is 0. The molecule has 1 N–H and O–H groups in total. The molecule has 0 saturated heterocycles. The number of carboxylic acids is 1. The number of hydrogen-bond acceptors (Lipinski definition) is 3. The number of carbonyl (C=O) groups is 1. The molecule has 66 valence electrons. The van der Waals surface area contributed by atoms with E-state index in [4.69, 9.17) is 21.1 Å². The van der Waals surface area contributed by atoms with Gasteiger partial charge in [-0.15, -0.1) is 11.6 Å². The number of hydrogen-bond donors (Lipinski definition) is 1. The minimum absolute atomic E-state index is 0.0300. The molecule has 0 aliphatic carbocycles. The van der Waals surface area contributed by atoms with Gasteiger partial charge in [-0.3, -0.25) is 4.79 Å². The number of rotatable bonds is 4. The molecule has 0 atom stereocenters. The Bertz CT molecular complexity index is 271. The van der Waals surface area contributed by atoms with Gasteiger partial charge in [-0.2, -0.15) is 0 Å². The number of alkyl halides is 1. The Labute approximate surface area is 74.2 Å². The van der Waals surface area contributed by atoms with Gasteiger partial charge in [-0.05, 0) is 0 Å². The van der Waals surface area contributed by atoms with Crippen molar-refractivity contribution in [3.8, 4) is 0 Å². The second-order valence-corrected chi connectivity index (χ2v) is 2.53. The molecule has 0 radical (unpaired) electrons. The molecule has 0 bridgehead atoms. The molecule has 1 rings (SSSR count). The number of nitrogens with zero attached hydrogens (tertiary/aromatic N) is 1. The summed E-state index contributed by atoms with van der Waals surface area (Å²) in [5, 5.41) is 8.34. The molecule has 0 unspecified atom stereocenters. The van der Waals surface area contributed by atoms with Crippen LogP contribution in [0.3, 0.4) is 0 Å². The molecule has 4 nitrogen and oxygen atoms in total. The van der Waals surface area contributed by atoms with Crippen LogP contribution < -0.4 is 0 Å². The Hall–Kier alpha value is -1.03. The Kier molecular flexibility index (Phi) is 3.10. The first kappa shape index (κ1) is 9.06. The van der Waals surface area contributed by atoms with Crippen molar-refractivity contribution in [1.82, 2.24) is 4.98 Å². The highest BCUT2D eigenvalue weighted by Crippen LogP contribution is 2.06. The summed E-state index contributed by atoms with van der Waals surface area (Å²) < 4.78 is 4.95. The van der Waals surface area contributed by atoms with Crippen molar-refractivity contribution in [2.24, 2.45) is 0 Å². The van der Waals surface area contributed by atoms with E-state index in [-0.39, 0.29) is 12.3 Å². The van der Waals surface area contributed by atoms with Crippen LogP contribution in [0.1, 0.15) is 18.0 Å². The first-order valence-electron chi connectivity index (χ1n) is 3.43. The van der Waals surface area contributed by atoms with E-state index in [1.807, 2.05) is 0 Å². The third-order valence-electron chi connectivity index (χ3n) is 1.29. The maximum atomic E-state index is 10.2. The summed E-state index contributed by atoms with van der Waals surface area (Å²) in [6.07, 6.45) is 1.78. The summed E-state index contributed by atoms with van der Waals surface area (Å²) >= 11 is 5.46. The number of oxazole rings is 1. The molecule has 0 aliphatic rings. The average molecular weight is 190 g/mol. The van der Waals surface area contributed by atoms with Crippen molar-refractivity contribution in [2.75, 3.05) is 0 Å². The van der Waals surface area contributed by atoms with E-state index in [0.717, 1.165) is 0 Å². The molecule has 0 fully saturated rings. The third-order valence-corrected chi connectivity index (χ3v) is 1.56.